The maximum absolute atomic E-state index is 12.8. The quantitative estimate of drug-likeness (QED) is 0.573. The predicted octanol–water partition coefficient (Wildman–Crippen LogP) is 3.25. The van der Waals surface area contributed by atoms with E-state index in [1.54, 1.807) is 0 Å². The fourth-order valence-corrected chi connectivity index (χ4v) is 5.13. The highest BCUT2D eigenvalue weighted by Crippen LogP contribution is 2.44. The fourth-order valence-electron chi connectivity index (χ4n) is 5.13. The molecular weight excluding hydrogens is 448 g/mol. The number of carboxylic acid groups (broad SMARTS) is 1. The van der Waals surface area contributed by atoms with Crippen LogP contribution in [0.1, 0.15) is 36.3 Å². The first-order valence-corrected chi connectivity index (χ1v) is 12.2. The van der Waals surface area contributed by atoms with Crippen LogP contribution in [0, 0.1) is 11.8 Å². The van der Waals surface area contributed by atoms with Crippen molar-refractivity contribution in [2.24, 2.45) is 11.8 Å². The number of fused-ring (bicyclic) bond motifs is 3. The second-order valence-corrected chi connectivity index (χ2v) is 9.65. The molecule has 2 atom stereocenters. The van der Waals surface area contributed by atoms with E-state index in [0.29, 0.717) is 18.9 Å². The minimum absolute atomic E-state index is 0.00966. The van der Waals surface area contributed by atoms with Crippen molar-refractivity contribution in [3.63, 3.8) is 0 Å². The van der Waals surface area contributed by atoms with E-state index in [1.807, 2.05) is 24.3 Å². The second kappa shape index (κ2) is 10.1. The van der Waals surface area contributed by atoms with E-state index in [4.69, 9.17) is 14.6 Å². The smallest absolute Gasteiger partial charge is 0.407 e. The molecule has 2 fully saturated rings. The average molecular weight is 479 g/mol. The normalized spacial score (nSPS) is 20.7. The largest absolute Gasteiger partial charge is 0.480 e. The van der Waals surface area contributed by atoms with Gasteiger partial charge in [-0.1, -0.05) is 48.5 Å². The lowest BCUT2D eigenvalue weighted by atomic mass is 9.98. The SMILES string of the molecule is O=C(O)CN(CC1CC1)C(=O)C1COC(CNC(=O)OCC2c3ccccc3-c3ccccc32)C1. The number of benzene rings is 2. The number of nitrogens with zero attached hydrogens (tertiary/aromatic N) is 1. The summed E-state index contributed by atoms with van der Waals surface area (Å²) in [6.45, 7) is 0.912. The van der Waals surface area contributed by atoms with Crippen LogP contribution < -0.4 is 5.32 Å². The van der Waals surface area contributed by atoms with Gasteiger partial charge in [0.05, 0.1) is 18.6 Å². The summed E-state index contributed by atoms with van der Waals surface area (Å²) in [5.41, 5.74) is 4.65. The monoisotopic (exact) mass is 478 g/mol. The molecule has 2 amide bonds. The number of nitrogens with one attached hydrogen (secondary N) is 1. The maximum Gasteiger partial charge on any atom is 0.407 e. The maximum atomic E-state index is 12.8. The molecule has 0 aromatic heterocycles. The molecule has 1 aliphatic heterocycles. The standard InChI is InChI=1S/C27H30N2O6/c30-25(31)14-29(13-17-9-10-17)26(32)18-11-19(34-15-18)12-28-27(33)35-16-24-22-7-3-1-5-20(22)21-6-2-4-8-23(21)24/h1-8,17-19,24H,9-16H2,(H,28,33)(H,30,31). The molecule has 1 saturated heterocycles. The number of carbonyl (C=O) groups is 3. The zero-order valence-electron chi connectivity index (χ0n) is 19.5. The number of carbonyl (C=O) groups excluding carboxylic acids is 2. The lowest BCUT2D eigenvalue weighted by Gasteiger charge is -2.23. The van der Waals surface area contributed by atoms with E-state index < -0.39 is 12.1 Å². The molecule has 3 aliphatic rings. The topological polar surface area (TPSA) is 105 Å². The van der Waals surface area contributed by atoms with Crippen molar-refractivity contribution in [3.05, 3.63) is 59.7 Å². The Morgan fingerprint density at radius 2 is 1.69 bits per heavy atom. The Bertz CT molecular complexity index is 1070. The van der Waals surface area contributed by atoms with Crippen LogP contribution in [0.4, 0.5) is 4.79 Å². The van der Waals surface area contributed by atoms with E-state index in [-0.39, 0.29) is 50.2 Å². The van der Waals surface area contributed by atoms with Gasteiger partial charge in [-0.25, -0.2) is 4.79 Å². The molecule has 2 aliphatic carbocycles. The summed E-state index contributed by atoms with van der Waals surface area (Å²) in [6.07, 6.45) is 1.70. The first kappa shape index (κ1) is 23.4. The third kappa shape index (κ3) is 5.32. The Labute approximate surface area is 204 Å². The number of hydrogen-bond acceptors (Lipinski definition) is 5. The highest BCUT2D eigenvalue weighted by atomic mass is 16.5. The molecule has 2 aromatic rings. The number of alkyl carbamates (subject to hydrolysis) is 1. The van der Waals surface area contributed by atoms with Gasteiger partial charge in [0.2, 0.25) is 5.91 Å². The van der Waals surface area contributed by atoms with Gasteiger partial charge in [0.15, 0.2) is 0 Å². The van der Waals surface area contributed by atoms with Gasteiger partial charge in [0, 0.05) is 19.0 Å². The van der Waals surface area contributed by atoms with Gasteiger partial charge < -0.3 is 24.8 Å². The fraction of sp³-hybridized carbons (Fsp3) is 0.444. The van der Waals surface area contributed by atoms with E-state index in [9.17, 15) is 14.4 Å². The van der Waals surface area contributed by atoms with Crippen molar-refractivity contribution in [3.8, 4) is 11.1 Å². The zero-order valence-corrected chi connectivity index (χ0v) is 19.5. The number of hydrogen-bond donors (Lipinski definition) is 2. The summed E-state index contributed by atoms with van der Waals surface area (Å²) in [7, 11) is 0. The van der Waals surface area contributed by atoms with Crippen molar-refractivity contribution in [2.45, 2.75) is 31.3 Å². The number of carboxylic acids is 1. The molecule has 0 spiro atoms. The van der Waals surface area contributed by atoms with E-state index in [0.717, 1.165) is 24.0 Å². The predicted molar refractivity (Wildman–Crippen MR) is 128 cm³/mol. The zero-order chi connectivity index (χ0) is 24.4. The van der Waals surface area contributed by atoms with Crippen LogP contribution in [0.25, 0.3) is 11.1 Å². The average Bonchev–Trinajstić information content (AvgIpc) is 3.45. The van der Waals surface area contributed by atoms with Crippen LogP contribution in [0.5, 0.6) is 0 Å². The molecular formula is C27H30N2O6. The molecule has 2 unspecified atom stereocenters. The minimum Gasteiger partial charge on any atom is -0.480 e. The van der Waals surface area contributed by atoms with Gasteiger partial charge in [-0.05, 0) is 47.4 Å². The van der Waals surface area contributed by atoms with Crippen LogP contribution in [-0.4, -0.2) is 66.9 Å². The van der Waals surface area contributed by atoms with Crippen molar-refractivity contribution in [1.29, 1.82) is 0 Å². The van der Waals surface area contributed by atoms with Crippen LogP contribution in [0.15, 0.2) is 48.5 Å². The van der Waals surface area contributed by atoms with Crippen LogP contribution >= 0.6 is 0 Å². The Morgan fingerprint density at radius 1 is 1.03 bits per heavy atom. The Hall–Kier alpha value is -3.39. The molecule has 1 saturated carbocycles. The molecule has 2 aromatic carbocycles. The van der Waals surface area contributed by atoms with Crippen LogP contribution in [-0.2, 0) is 19.1 Å². The van der Waals surface area contributed by atoms with E-state index in [1.165, 1.54) is 16.0 Å². The molecule has 0 bridgehead atoms. The van der Waals surface area contributed by atoms with E-state index >= 15 is 0 Å². The summed E-state index contributed by atoms with van der Waals surface area (Å²) in [5, 5.41) is 11.9. The number of ether oxygens (including phenoxy) is 2. The van der Waals surface area contributed by atoms with Gasteiger partial charge >= 0.3 is 12.1 Å². The Balaban J connectivity index is 1.10. The minimum atomic E-state index is -1.01. The van der Waals surface area contributed by atoms with Gasteiger partial charge in [-0.3, -0.25) is 9.59 Å². The lowest BCUT2D eigenvalue weighted by Crippen LogP contribution is -2.41. The first-order valence-electron chi connectivity index (χ1n) is 12.2. The summed E-state index contributed by atoms with van der Waals surface area (Å²) in [6, 6.07) is 16.3. The summed E-state index contributed by atoms with van der Waals surface area (Å²) in [5.74, 6) is -1.17. The van der Waals surface area contributed by atoms with Crippen molar-refractivity contribution < 1.29 is 29.0 Å². The summed E-state index contributed by atoms with van der Waals surface area (Å²) >= 11 is 0. The van der Waals surface area contributed by atoms with Crippen LogP contribution in [0.3, 0.4) is 0 Å². The first-order chi connectivity index (χ1) is 17.0. The Kier molecular flexibility index (Phi) is 6.72. The molecule has 8 nitrogen and oxygen atoms in total. The molecule has 2 N–H and O–H groups in total. The molecule has 8 heteroatoms. The molecule has 1 heterocycles. The van der Waals surface area contributed by atoms with Gasteiger partial charge in [-0.15, -0.1) is 0 Å². The van der Waals surface area contributed by atoms with Gasteiger partial charge in [0.1, 0.15) is 13.2 Å². The molecule has 35 heavy (non-hydrogen) atoms. The third-order valence-electron chi connectivity index (χ3n) is 7.06. The number of amides is 2. The number of aliphatic carboxylic acids is 1. The summed E-state index contributed by atoms with van der Waals surface area (Å²) in [4.78, 5) is 37.9. The lowest BCUT2D eigenvalue weighted by molar-refractivity contribution is -0.146. The molecule has 5 rings (SSSR count). The van der Waals surface area contributed by atoms with E-state index in [2.05, 4.69) is 29.6 Å². The third-order valence-corrected chi connectivity index (χ3v) is 7.06. The Morgan fingerprint density at radius 3 is 2.31 bits per heavy atom. The van der Waals surface area contributed by atoms with Crippen molar-refractivity contribution >= 4 is 18.0 Å². The van der Waals surface area contributed by atoms with Crippen molar-refractivity contribution in [2.75, 3.05) is 32.8 Å². The highest BCUT2D eigenvalue weighted by molar-refractivity contribution is 5.83. The van der Waals surface area contributed by atoms with Gasteiger partial charge in [-0.2, -0.15) is 0 Å². The second-order valence-electron chi connectivity index (χ2n) is 9.65. The summed E-state index contributed by atoms with van der Waals surface area (Å²) < 4.78 is 11.3. The highest BCUT2D eigenvalue weighted by Gasteiger charge is 2.36. The van der Waals surface area contributed by atoms with Crippen LogP contribution in [0.2, 0.25) is 0 Å². The number of rotatable bonds is 9. The van der Waals surface area contributed by atoms with Gasteiger partial charge in [0.25, 0.3) is 0 Å². The molecule has 0 radical (unpaired) electrons. The molecule has 184 valence electrons. The van der Waals surface area contributed by atoms with Crippen molar-refractivity contribution in [1.82, 2.24) is 10.2 Å².